The highest BCUT2D eigenvalue weighted by Gasteiger charge is 2.27. The molecule has 0 amide bonds. The third-order valence-electron chi connectivity index (χ3n) is 3.67. The van der Waals surface area contributed by atoms with Crippen molar-refractivity contribution in [3.05, 3.63) is 35.6 Å². The van der Waals surface area contributed by atoms with E-state index in [4.69, 9.17) is 10.5 Å². The molecule has 1 heterocycles. The third-order valence-corrected chi connectivity index (χ3v) is 3.67. The Bertz CT molecular complexity index is 391. The molecule has 1 fully saturated rings. The lowest BCUT2D eigenvalue weighted by molar-refractivity contribution is 0.0102. The molecule has 1 aromatic carbocycles. The molecular weight excluding hydrogens is 267 g/mol. The van der Waals surface area contributed by atoms with Crippen LogP contribution in [0.4, 0.5) is 4.39 Å². The minimum absolute atomic E-state index is 0. The van der Waals surface area contributed by atoms with Crippen molar-refractivity contribution in [2.75, 3.05) is 20.2 Å². The van der Waals surface area contributed by atoms with Gasteiger partial charge in [0.15, 0.2) is 0 Å². The van der Waals surface area contributed by atoms with E-state index in [1.165, 1.54) is 6.07 Å². The quantitative estimate of drug-likeness (QED) is 0.923. The summed E-state index contributed by atoms with van der Waals surface area (Å²) >= 11 is 0. The SMILES string of the molecule is COC1CCN(Cc2cccc(F)c2)C(CN)C1.Cl. The van der Waals surface area contributed by atoms with Crippen molar-refractivity contribution in [2.45, 2.75) is 31.5 Å². The Labute approximate surface area is 120 Å². The van der Waals surface area contributed by atoms with E-state index in [1.807, 2.05) is 6.07 Å². The first-order valence-corrected chi connectivity index (χ1v) is 6.44. The number of hydrogen-bond donors (Lipinski definition) is 1. The summed E-state index contributed by atoms with van der Waals surface area (Å²) < 4.78 is 18.6. The number of rotatable bonds is 4. The fourth-order valence-corrected chi connectivity index (χ4v) is 2.60. The predicted octanol–water partition coefficient (Wildman–Crippen LogP) is 2.19. The maximum Gasteiger partial charge on any atom is 0.123 e. The van der Waals surface area contributed by atoms with Crippen molar-refractivity contribution in [1.29, 1.82) is 0 Å². The highest BCUT2D eigenvalue weighted by atomic mass is 35.5. The molecule has 1 aliphatic heterocycles. The number of likely N-dealkylation sites (tertiary alicyclic amines) is 1. The maximum atomic E-state index is 13.2. The normalized spacial score (nSPS) is 23.9. The topological polar surface area (TPSA) is 38.5 Å². The molecule has 2 N–H and O–H groups in total. The average molecular weight is 289 g/mol. The van der Waals surface area contributed by atoms with Crippen LogP contribution < -0.4 is 5.73 Å². The monoisotopic (exact) mass is 288 g/mol. The molecule has 5 heteroatoms. The highest BCUT2D eigenvalue weighted by molar-refractivity contribution is 5.85. The van der Waals surface area contributed by atoms with E-state index in [1.54, 1.807) is 19.2 Å². The first-order chi connectivity index (χ1) is 8.72. The molecule has 0 saturated carbocycles. The van der Waals surface area contributed by atoms with E-state index >= 15 is 0 Å². The molecular formula is C14H22ClFN2O. The number of halogens is 2. The number of ether oxygens (including phenoxy) is 1. The zero-order valence-corrected chi connectivity index (χ0v) is 12.0. The van der Waals surface area contributed by atoms with Gasteiger partial charge in [-0.25, -0.2) is 4.39 Å². The van der Waals surface area contributed by atoms with Gasteiger partial charge in [-0.2, -0.15) is 0 Å². The second kappa shape index (κ2) is 7.80. The second-order valence-electron chi connectivity index (χ2n) is 4.87. The van der Waals surface area contributed by atoms with Crippen LogP contribution >= 0.6 is 12.4 Å². The van der Waals surface area contributed by atoms with Gasteiger partial charge in [-0.1, -0.05) is 12.1 Å². The summed E-state index contributed by atoms with van der Waals surface area (Å²) in [5.41, 5.74) is 6.83. The van der Waals surface area contributed by atoms with Crippen molar-refractivity contribution >= 4 is 12.4 Å². The lowest BCUT2D eigenvalue weighted by Gasteiger charge is -2.38. The lowest BCUT2D eigenvalue weighted by Crippen LogP contribution is -2.47. The summed E-state index contributed by atoms with van der Waals surface area (Å²) in [7, 11) is 1.75. The van der Waals surface area contributed by atoms with Crippen LogP contribution in [-0.4, -0.2) is 37.2 Å². The van der Waals surface area contributed by atoms with Crippen LogP contribution in [0.5, 0.6) is 0 Å². The molecule has 0 bridgehead atoms. The number of nitrogens with zero attached hydrogens (tertiary/aromatic N) is 1. The molecule has 2 atom stereocenters. The summed E-state index contributed by atoms with van der Waals surface area (Å²) in [5.74, 6) is -0.177. The molecule has 1 aliphatic rings. The van der Waals surface area contributed by atoms with Gasteiger partial charge in [-0.3, -0.25) is 4.90 Å². The molecule has 108 valence electrons. The largest absolute Gasteiger partial charge is 0.381 e. The Hall–Kier alpha value is -0.680. The highest BCUT2D eigenvalue weighted by Crippen LogP contribution is 2.21. The molecule has 19 heavy (non-hydrogen) atoms. The van der Waals surface area contributed by atoms with Crippen molar-refractivity contribution in [3.63, 3.8) is 0 Å². The first-order valence-electron chi connectivity index (χ1n) is 6.44. The Morgan fingerprint density at radius 2 is 2.26 bits per heavy atom. The molecule has 0 radical (unpaired) electrons. The average Bonchev–Trinajstić information content (AvgIpc) is 2.39. The van der Waals surface area contributed by atoms with Crippen molar-refractivity contribution in [1.82, 2.24) is 4.90 Å². The molecule has 1 aromatic rings. The summed E-state index contributed by atoms with van der Waals surface area (Å²) in [4.78, 5) is 2.32. The predicted molar refractivity (Wildman–Crippen MR) is 76.9 cm³/mol. The minimum Gasteiger partial charge on any atom is -0.381 e. The molecule has 0 aromatic heterocycles. The van der Waals surface area contributed by atoms with E-state index in [2.05, 4.69) is 4.90 Å². The summed E-state index contributed by atoms with van der Waals surface area (Å²) in [6.07, 6.45) is 2.28. The van der Waals surface area contributed by atoms with Gasteiger partial charge in [-0.05, 0) is 30.5 Å². The van der Waals surface area contributed by atoms with Crippen molar-refractivity contribution in [3.8, 4) is 0 Å². The fourth-order valence-electron chi connectivity index (χ4n) is 2.60. The molecule has 3 nitrogen and oxygen atoms in total. The first kappa shape index (κ1) is 16.4. The van der Waals surface area contributed by atoms with Crippen LogP contribution in [0, 0.1) is 5.82 Å². The van der Waals surface area contributed by atoms with Gasteiger partial charge in [0.05, 0.1) is 6.10 Å². The third kappa shape index (κ3) is 4.42. The van der Waals surface area contributed by atoms with Gasteiger partial charge in [0.25, 0.3) is 0 Å². The van der Waals surface area contributed by atoms with Gasteiger partial charge in [0, 0.05) is 32.8 Å². The Morgan fingerprint density at radius 3 is 2.89 bits per heavy atom. The smallest absolute Gasteiger partial charge is 0.123 e. The van der Waals surface area contributed by atoms with Gasteiger partial charge in [0.1, 0.15) is 5.82 Å². The number of hydrogen-bond acceptors (Lipinski definition) is 3. The van der Waals surface area contributed by atoms with Crippen LogP contribution in [0.1, 0.15) is 18.4 Å². The van der Waals surface area contributed by atoms with Gasteiger partial charge < -0.3 is 10.5 Å². The second-order valence-corrected chi connectivity index (χ2v) is 4.87. The fraction of sp³-hybridized carbons (Fsp3) is 0.571. The zero-order chi connectivity index (χ0) is 13.0. The van der Waals surface area contributed by atoms with Crippen molar-refractivity contribution in [2.24, 2.45) is 5.73 Å². The molecule has 2 unspecified atom stereocenters. The van der Waals surface area contributed by atoms with E-state index in [-0.39, 0.29) is 18.2 Å². The van der Waals surface area contributed by atoms with E-state index in [9.17, 15) is 4.39 Å². The van der Waals surface area contributed by atoms with Crippen molar-refractivity contribution < 1.29 is 9.13 Å². The molecule has 2 rings (SSSR count). The summed E-state index contributed by atoms with van der Waals surface area (Å²) in [6, 6.07) is 7.10. The van der Waals surface area contributed by atoms with Crippen LogP contribution in [0.25, 0.3) is 0 Å². The van der Waals surface area contributed by atoms with Crippen LogP contribution in [0.2, 0.25) is 0 Å². The standard InChI is InChI=1S/C14H21FN2O.ClH/c1-18-14-5-6-17(13(8-14)9-16)10-11-3-2-4-12(15)7-11;/h2-4,7,13-14H,5-6,8-10,16H2,1H3;1H. The summed E-state index contributed by atoms with van der Waals surface area (Å²) in [6.45, 7) is 2.34. The number of piperidine rings is 1. The molecule has 1 saturated heterocycles. The summed E-state index contributed by atoms with van der Waals surface area (Å²) in [5, 5.41) is 0. The maximum absolute atomic E-state index is 13.2. The van der Waals surface area contributed by atoms with Crippen LogP contribution in [-0.2, 0) is 11.3 Å². The molecule has 0 spiro atoms. The number of benzene rings is 1. The van der Waals surface area contributed by atoms with Gasteiger partial charge in [-0.15, -0.1) is 12.4 Å². The minimum atomic E-state index is -0.177. The molecule has 0 aliphatic carbocycles. The van der Waals surface area contributed by atoms with Gasteiger partial charge in [0.2, 0.25) is 0 Å². The van der Waals surface area contributed by atoms with Gasteiger partial charge >= 0.3 is 0 Å². The zero-order valence-electron chi connectivity index (χ0n) is 11.2. The Morgan fingerprint density at radius 1 is 1.47 bits per heavy atom. The van der Waals surface area contributed by atoms with E-state index in [0.717, 1.165) is 31.5 Å². The Balaban J connectivity index is 0.00000180. The van der Waals surface area contributed by atoms with E-state index < -0.39 is 0 Å². The van der Waals surface area contributed by atoms with Crippen LogP contribution in [0.3, 0.4) is 0 Å². The van der Waals surface area contributed by atoms with E-state index in [0.29, 0.717) is 18.7 Å². The number of methoxy groups -OCH3 is 1. The van der Waals surface area contributed by atoms with Crippen LogP contribution in [0.15, 0.2) is 24.3 Å². The lowest BCUT2D eigenvalue weighted by atomic mass is 9.98. The Kier molecular flexibility index (Phi) is 6.72. The number of nitrogens with two attached hydrogens (primary N) is 1.